The zero-order valence-corrected chi connectivity index (χ0v) is 20.1. The molecular formula is C24H30BrFN2O4. The van der Waals surface area contributed by atoms with Crippen molar-refractivity contribution >= 4 is 17.7 Å². The van der Waals surface area contributed by atoms with Gasteiger partial charge in [-0.05, 0) is 30.7 Å². The van der Waals surface area contributed by atoms with Gasteiger partial charge in [0, 0.05) is 24.8 Å². The highest BCUT2D eigenvalue weighted by atomic mass is 79.9. The number of likely N-dealkylation sites (tertiary alicyclic amines) is 1. The van der Waals surface area contributed by atoms with Crippen LogP contribution in [-0.4, -0.2) is 55.9 Å². The molecule has 1 aliphatic rings. The summed E-state index contributed by atoms with van der Waals surface area (Å²) in [5, 5.41) is 2.72. The van der Waals surface area contributed by atoms with Gasteiger partial charge in [-0.3, -0.25) is 5.32 Å². The van der Waals surface area contributed by atoms with Crippen molar-refractivity contribution in [1.29, 1.82) is 0 Å². The molecule has 2 aromatic rings. The fraction of sp³-hybridized carbons (Fsp3) is 0.417. The van der Waals surface area contributed by atoms with E-state index in [9.17, 15) is 14.0 Å². The SMILES string of the molecule is CCOC(=O)C[N+]1(C)CCCC1CCOC(=O)Nc1ccc(F)cc1-c1ccccc1.[Br-]. The molecule has 174 valence electrons. The molecule has 6 nitrogen and oxygen atoms in total. The van der Waals surface area contributed by atoms with Gasteiger partial charge in [-0.15, -0.1) is 0 Å². The number of halogens is 2. The number of carbonyl (C=O) groups excluding carboxylic acids is 2. The van der Waals surface area contributed by atoms with Gasteiger partial charge >= 0.3 is 12.1 Å². The molecule has 1 aliphatic heterocycles. The Morgan fingerprint density at radius 3 is 2.62 bits per heavy atom. The zero-order chi connectivity index (χ0) is 22.3. The van der Waals surface area contributed by atoms with Crippen LogP contribution in [0.4, 0.5) is 14.9 Å². The first-order chi connectivity index (χ1) is 14.9. The number of esters is 1. The summed E-state index contributed by atoms with van der Waals surface area (Å²) in [6.07, 6.45) is 2.10. The maximum Gasteiger partial charge on any atom is 0.411 e. The van der Waals surface area contributed by atoms with Crippen LogP contribution in [-0.2, 0) is 14.3 Å². The summed E-state index contributed by atoms with van der Waals surface area (Å²) in [5.41, 5.74) is 1.88. The number of likely N-dealkylation sites (N-methyl/N-ethyl adjacent to an activating group) is 1. The summed E-state index contributed by atoms with van der Waals surface area (Å²) in [5.74, 6) is -0.571. The third-order valence-corrected chi connectivity index (χ3v) is 5.87. The Morgan fingerprint density at radius 2 is 1.91 bits per heavy atom. The lowest BCUT2D eigenvalue weighted by molar-refractivity contribution is -0.914. The monoisotopic (exact) mass is 508 g/mol. The number of rotatable bonds is 8. The Labute approximate surface area is 199 Å². The highest BCUT2D eigenvalue weighted by Gasteiger charge is 2.39. The third-order valence-electron chi connectivity index (χ3n) is 5.87. The third kappa shape index (κ3) is 6.77. The van der Waals surface area contributed by atoms with Crippen LogP contribution in [0.25, 0.3) is 11.1 Å². The minimum atomic E-state index is -0.582. The van der Waals surface area contributed by atoms with Crippen LogP contribution in [0.1, 0.15) is 26.2 Å². The second-order valence-electron chi connectivity index (χ2n) is 8.07. The number of ether oxygens (including phenoxy) is 2. The smallest absolute Gasteiger partial charge is 0.411 e. The number of hydrogen-bond acceptors (Lipinski definition) is 4. The molecule has 0 aliphatic carbocycles. The first-order valence-corrected chi connectivity index (χ1v) is 10.7. The Morgan fingerprint density at radius 1 is 1.16 bits per heavy atom. The Hall–Kier alpha value is -2.45. The number of quaternary nitrogens is 1. The molecule has 0 radical (unpaired) electrons. The van der Waals surface area contributed by atoms with Crippen molar-refractivity contribution in [2.75, 3.05) is 38.7 Å². The summed E-state index contributed by atoms with van der Waals surface area (Å²) in [7, 11) is 2.05. The van der Waals surface area contributed by atoms with Crippen LogP contribution in [0.3, 0.4) is 0 Å². The summed E-state index contributed by atoms with van der Waals surface area (Å²) >= 11 is 0. The molecule has 2 atom stereocenters. The molecule has 1 amide bonds. The van der Waals surface area contributed by atoms with Crippen molar-refractivity contribution in [3.63, 3.8) is 0 Å². The van der Waals surface area contributed by atoms with Gasteiger partial charge in [0.15, 0.2) is 6.54 Å². The summed E-state index contributed by atoms with van der Waals surface area (Å²) < 4.78 is 24.9. The van der Waals surface area contributed by atoms with Crippen molar-refractivity contribution in [3.05, 3.63) is 54.3 Å². The largest absolute Gasteiger partial charge is 1.00 e. The van der Waals surface area contributed by atoms with E-state index in [4.69, 9.17) is 9.47 Å². The van der Waals surface area contributed by atoms with Gasteiger partial charge in [0.1, 0.15) is 5.82 Å². The van der Waals surface area contributed by atoms with E-state index in [2.05, 4.69) is 12.4 Å². The lowest BCUT2D eigenvalue weighted by atomic mass is 10.0. The maximum absolute atomic E-state index is 13.8. The van der Waals surface area contributed by atoms with E-state index in [-0.39, 0.29) is 41.4 Å². The Kier molecular flexibility index (Phi) is 9.65. The first-order valence-electron chi connectivity index (χ1n) is 10.7. The van der Waals surface area contributed by atoms with Crippen molar-refractivity contribution in [3.8, 4) is 11.1 Å². The van der Waals surface area contributed by atoms with Gasteiger partial charge < -0.3 is 30.9 Å². The van der Waals surface area contributed by atoms with Crippen molar-refractivity contribution in [2.45, 2.75) is 32.2 Å². The molecule has 32 heavy (non-hydrogen) atoms. The molecule has 1 saturated heterocycles. The van der Waals surface area contributed by atoms with Crippen molar-refractivity contribution < 1.29 is 44.9 Å². The number of nitrogens with zero attached hydrogens (tertiary/aromatic N) is 1. The molecule has 1 heterocycles. The standard InChI is InChI=1S/C24H29FN2O4.BrH/c1-3-30-23(28)17-27(2)14-7-10-20(27)13-15-31-24(29)26-22-12-11-19(25)16-21(22)18-8-5-4-6-9-18;/h4-6,8-9,11-12,16,20H,3,7,10,13-15,17H2,1-2H3;1H. The second kappa shape index (κ2) is 12.0. The number of carbonyl (C=O) groups is 2. The number of amides is 1. The normalized spacial score (nSPS) is 19.7. The lowest BCUT2D eigenvalue weighted by Gasteiger charge is -2.35. The molecule has 1 fully saturated rings. The van der Waals surface area contributed by atoms with Crippen LogP contribution in [0.5, 0.6) is 0 Å². The lowest BCUT2D eigenvalue weighted by Crippen LogP contribution is -3.00. The predicted octanol–water partition coefficient (Wildman–Crippen LogP) is 1.61. The average Bonchev–Trinajstić information content (AvgIpc) is 3.10. The molecule has 0 saturated carbocycles. The van der Waals surface area contributed by atoms with Gasteiger partial charge in [0.2, 0.25) is 0 Å². The van der Waals surface area contributed by atoms with E-state index in [1.807, 2.05) is 30.3 Å². The summed E-state index contributed by atoms with van der Waals surface area (Å²) in [6.45, 7) is 3.67. The van der Waals surface area contributed by atoms with Gasteiger partial charge in [-0.2, -0.15) is 0 Å². The van der Waals surface area contributed by atoms with E-state index in [1.165, 1.54) is 18.2 Å². The van der Waals surface area contributed by atoms with Crippen molar-refractivity contribution in [1.82, 2.24) is 0 Å². The van der Waals surface area contributed by atoms with Gasteiger partial charge in [0.05, 0.1) is 38.5 Å². The van der Waals surface area contributed by atoms with E-state index in [0.29, 0.717) is 35.3 Å². The molecule has 3 rings (SSSR count). The predicted molar refractivity (Wildman–Crippen MR) is 117 cm³/mol. The van der Waals surface area contributed by atoms with E-state index < -0.39 is 6.09 Å². The second-order valence-corrected chi connectivity index (χ2v) is 8.07. The van der Waals surface area contributed by atoms with Crippen LogP contribution >= 0.6 is 0 Å². The Bertz CT molecular complexity index is 912. The molecule has 8 heteroatoms. The van der Waals surface area contributed by atoms with Gasteiger partial charge in [0.25, 0.3) is 0 Å². The number of benzene rings is 2. The summed E-state index contributed by atoms with van der Waals surface area (Å²) in [4.78, 5) is 24.3. The molecular weight excluding hydrogens is 479 g/mol. The first kappa shape index (κ1) is 25.8. The van der Waals surface area contributed by atoms with Gasteiger partial charge in [-0.25, -0.2) is 14.0 Å². The molecule has 0 bridgehead atoms. The highest BCUT2D eigenvalue weighted by molar-refractivity contribution is 5.91. The fourth-order valence-corrected chi connectivity index (χ4v) is 4.26. The molecule has 1 N–H and O–H groups in total. The van der Waals surface area contributed by atoms with Crippen LogP contribution in [0.2, 0.25) is 0 Å². The average molecular weight is 509 g/mol. The van der Waals surface area contributed by atoms with Crippen LogP contribution < -0.4 is 22.3 Å². The van der Waals surface area contributed by atoms with E-state index in [0.717, 1.165) is 24.9 Å². The quantitative estimate of drug-likeness (QED) is 0.434. The van der Waals surface area contributed by atoms with E-state index >= 15 is 0 Å². The number of nitrogens with one attached hydrogen (secondary N) is 1. The Balaban J connectivity index is 0.00000363. The minimum Gasteiger partial charge on any atom is -1.00 e. The van der Waals surface area contributed by atoms with Gasteiger partial charge in [-0.1, -0.05) is 30.3 Å². The maximum atomic E-state index is 13.8. The fourth-order valence-electron chi connectivity index (χ4n) is 4.26. The number of anilines is 1. The molecule has 2 unspecified atom stereocenters. The van der Waals surface area contributed by atoms with Crippen LogP contribution in [0, 0.1) is 5.82 Å². The molecule has 0 aromatic heterocycles. The van der Waals surface area contributed by atoms with E-state index in [1.54, 1.807) is 6.92 Å². The molecule has 2 aromatic carbocycles. The minimum absolute atomic E-state index is 0. The summed E-state index contributed by atoms with van der Waals surface area (Å²) in [6, 6.07) is 13.8. The van der Waals surface area contributed by atoms with Crippen molar-refractivity contribution in [2.24, 2.45) is 0 Å². The zero-order valence-electron chi connectivity index (χ0n) is 18.5. The molecule has 0 spiro atoms. The topological polar surface area (TPSA) is 64.6 Å². The van der Waals surface area contributed by atoms with Crippen LogP contribution in [0.15, 0.2) is 48.5 Å². The highest BCUT2D eigenvalue weighted by Crippen LogP contribution is 2.29. The number of hydrogen-bond donors (Lipinski definition) is 1.